The largest absolute Gasteiger partial charge is 0.433 e. The maximum Gasteiger partial charge on any atom is 0.433 e. The summed E-state index contributed by atoms with van der Waals surface area (Å²) in [5, 5.41) is 15.5. The molecule has 0 saturated carbocycles. The van der Waals surface area contributed by atoms with E-state index >= 15 is 0 Å². The summed E-state index contributed by atoms with van der Waals surface area (Å²) in [5.41, 5.74) is -0.0272. The van der Waals surface area contributed by atoms with Crippen LogP contribution in [-0.4, -0.2) is 44.8 Å². The van der Waals surface area contributed by atoms with Crippen molar-refractivity contribution in [3.8, 4) is 5.69 Å². The molecule has 0 spiro atoms. The fraction of sp³-hybridized carbons (Fsp3) is 0.235. The van der Waals surface area contributed by atoms with Gasteiger partial charge in [-0.3, -0.25) is 14.5 Å². The fourth-order valence-electron chi connectivity index (χ4n) is 2.65. The molecular formula is C17H15F3N4O3. The Kier molecular flexibility index (Phi) is 4.75. The number of nitrogens with zero attached hydrogens (tertiary/aromatic N) is 3. The topological polar surface area (TPSA) is 87.5 Å². The van der Waals surface area contributed by atoms with Crippen LogP contribution in [0.1, 0.15) is 11.4 Å². The Morgan fingerprint density at radius 2 is 1.85 bits per heavy atom. The van der Waals surface area contributed by atoms with E-state index in [-0.39, 0.29) is 30.2 Å². The van der Waals surface area contributed by atoms with Crippen molar-refractivity contribution >= 4 is 17.5 Å². The molecule has 0 bridgehead atoms. The average Bonchev–Trinajstić information content (AvgIpc) is 3.11. The van der Waals surface area contributed by atoms with Crippen LogP contribution in [0.5, 0.6) is 0 Å². The van der Waals surface area contributed by atoms with Gasteiger partial charge in [0.2, 0.25) is 0 Å². The lowest BCUT2D eigenvalue weighted by molar-refractivity contribution is -0.143. The van der Waals surface area contributed by atoms with Crippen molar-refractivity contribution in [1.29, 1.82) is 0 Å². The summed E-state index contributed by atoms with van der Waals surface area (Å²) in [7, 11) is 0. The molecule has 1 aromatic carbocycles. The zero-order valence-corrected chi connectivity index (χ0v) is 14.1. The number of halogens is 3. The fourth-order valence-corrected chi connectivity index (χ4v) is 2.65. The normalized spacial score (nSPS) is 14.7. The quantitative estimate of drug-likeness (QED) is 0.774. The number of carbonyl (C=O) groups excluding carboxylic acids is 2. The lowest BCUT2D eigenvalue weighted by Crippen LogP contribution is -2.34. The van der Waals surface area contributed by atoms with E-state index in [0.717, 1.165) is 21.7 Å². The molecule has 2 aromatic rings. The van der Waals surface area contributed by atoms with Gasteiger partial charge in [0.15, 0.2) is 0 Å². The van der Waals surface area contributed by atoms with Crippen LogP contribution < -0.4 is 5.32 Å². The standard InChI is InChI=1S/C17H15F3N4O3/c1-10-8-14(17(18,19)20)24(22-10)12-4-2-11(3-5-12)21-13-9-15(26)23(6-7-25)16(13)27/h2-5,8-9,21,25H,6-7H2,1H3. The highest BCUT2D eigenvalue weighted by atomic mass is 19.4. The maximum absolute atomic E-state index is 13.1. The Labute approximate surface area is 151 Å². The molecule has 1 aromatic heterocycles. The van der Waals surface area contributed by atoms with Gasteiger partial charge in [-0.1, -0.05) is 0 Å². The summed E-state index contributed by atoms with van der Waals surface area (Å²) in [5.74, 6) is -1.13. The summed E-state index contributed by atoms with van der Waals surface area (Å²) in [6, 6.07) is 6.73. The van der Waals surface area contributed by atoms with Crippen molar-refractivity contribution in [1.82, 2.24) is 14.7 Å². The zero-order valence-electron chi connectivity index (χ0n) is 14.1. The van der Waals surface area contributed by atoms with Crippen LogP contribution in [0.15, 0.2) is 42.1 Å². The molecule has 0 saturated heterocycles. The molecule has 1 aliphatic rings. The number of rotatable bonds is 5. The minimum Gasteiger partial charge on any atom is -0.395 e. The number of imide groups is 1. The van der Waals surface area contributed by atoms with Crippen LogP contribution in [0.3, 0.4) is 0 Å². The minimum absolute atomic E-state index is 0.0205. The number of aliphatic hydroxyl groups excluding tert-OH is 1. The van der Waals surface area contributed by atoms with Crippen LogP contribution in [0.25, 0.3) is 5.69 Å². The number of nitrogens with one attached hydrogen (secondary N) is 1. The van der Waals surface area contributed by atoms with E-state index in [0.29, 0.717) is 5.69 Å². The number of hydrogen-bond donors (Lipinski definition) is 2. The number of anilines is 1. The van der Waals surface area contributed by atoms with Gasteiger partial charge in [0.05, 0.1) is 24.5 Å². The molecule has 0 radical (unpaired) electrons. The Morgan fingerprint density at radius 1 is 1.19 bits per heavy atom. The summed E-state index contributed by atoms with van der Waals surface area (Å²) >= 11 is 0. The van der Waals surface area contributed by atoms with E-state index in [1.807, 2.05) is 0 Å². The van der Waals surface area contributed by atoms with Crippen molar-refractivity contribution in [2.24, 2.45) is 0 Å². The van der Waals surface area contributed by atoms with Crippen LogP contribution in [0.4, 0.5) is 18.9 Å². The highest BCUT2D eigenvalue weighted by Gasteiger charge is 2.36. The van der Waals surface area contributed by atoms with E-state index in [1.165, 1.54) is 31.2 Å². The molecule has 0 atom stereocenters. The highest BCUT2D eigenvalue weighted by Crippen LogP contribution is 2.31. The number of hydrogen-bond acceptors (Lipinski definition) is 5. The molecule has 3 rings (SSSR count). The third-order valence-corrected chi connectivity index (χ3v) is 3.85. The van der Waals surface area contributed by atoms with E-state index in [9.17, 15) is 22.8 Å². The molecule has 142 valence electrons. The first-order valence-electron chi connectivity index (χ1n) is 7.90. The van der Waals surface area contributed by atoms with Crippen molar-refractivity contribution in [2.45, 2.75) is 13.1 Å². The van der Waals surface area contributed by atoms with E-state index in [4.69, 9.17) is 5.11 Å². The van der Waals surface area contributed by atoms with Gasteiger partial charge in [0.25, 0.3) is 11.8 Å². The second kappa shape index (κ2) is 6.88. The van der Waals surface area contributed by atoms with E-state index < -0.39 is 23.7 Å². The first-order valence-corrected chi connectivity index (χ1v) is 7.90. The van der Waals surface area contributed by atoms with Crippen molar-refractivity contribution in [3.05, 3.63) is 53.5 Å². The Hall–Kier alpha value is -3.14. The van der Waals surface area contributed by atoms with Crippen LogP contribution in [0.2, 0.25) is 0 Å². The van der Waals surface area contributed by atoms with Crippen LogP contribution >= 0.6 is 0 Å². The van der Waals surface area contributed by atoms with Gasteiger partial charge in [-0.25, -0.2) is 4.68 Å². The molecule has 2 N–H and O–H groups in total. The van der Waals surface area contributed by atoms with Gasteiger partial charge in [-0.05, 0) is 37.3 Å². The summed E-state index contributed by atoms with van der Waals surface area (Å²) in [6.07, 6.45) is -3.44. The zero-order chi connectivity index (χ0) is 19.8. The molecule has 2 amide bonds. The number of amides is 2. The predicted molar refractivity (Wildman–Crippen MR) is 88.8 cm³/mol. The van der Waals surface area contributed by atoms with Crippen molar-refractivity contribution in [2.75, 3.05) is 18.5 Å². The Morgan fingerprint density at radius 3 is 2.44 bits per heavy atom. The average molecular weight is 380 g/mol. The molecule has 7 nitrogen and oxygen atoms in total. The smallest absolute Gasteiger partial charge is 0.395 e. The third-order valence-electron chi connectivity index (χ3n) is 3.85. The molecule has 1 aliphatic heterocycles. The second-order valence-electron chi connectivity index (χ2n) is 5.83. The number of benzene rings is 1. The second-order valence-corrected chi connectivity index (χ2v) is 5.83. The predicted octanol–water partition coefficient (Wildman–Crippen LogP) is 1.86. The van der Waals surface area contributed by atoms with Crippen molar-refractivity contribution in [3.63, 3.8) is 0 Å². The number of carbonyl (C=O) groups is 2. The van der Waals surface area contributed by atoms with Gasteiger partial charge in [0.1, 0.15) is 11.4 Å². The summed E-state index contributed by atoms with van der Waals surface area (Å²) in [6.45, 7) is 1.00. The van der Waals surface area contributed by atoms with Crippen LogP contribution in [-0.2, 0) is 15.8 Å². The molecule has 2 heterocycles. The SMILES string of the molecule is Cc1cc(C(F)(F)F)n(-c2ccc(NC3=CC(=O)N(CCO)C3=O)cc2)n1. The number of aliphatic hydroxyl groups is 1. The summed E-state index contributed by atoms with van der Waals surface area (Å²) < 4.78 is 40.1. The first-order chi connectivity index (χ1) is 12.7. The van der Waals surface area contributed by atoms with Gasteiger partial charge < -0.3 is 10.4 Å². The van der Waals surface area contributed by atoms with E-state index in [2.05, 4.69) is 10.4 Å². The molecule has 27 heavy (non-hydrogen) atoms. The lowest BCUT2D eigenvalue weighted by atomic mass is 10.2. The molecule has 0 aliphatic carbocycles. The highest BCUT2D eigenvalue weighted by molar-refractivity contribution is 6.17. The van der Waals surface area contributed by atoms with Gasteiger partial charge in [-0.2, -0.15) is 18.3 Å². The Balaban J connectivity index is 1.81. The monoisotopic (exact) mass is 380 g/mol. The maximum atomic E-state index is 13.1. The number of aromatic nitrogens is 2. The number of β-amino-alcohol motifs (C(OH)–C–C–N with tert-alkyl or cyclic N) is 1. The minimum atomic E-state index is -4.55. The van der Waals surface area contributed by atoms with Crippen LogP contribution in [0, 0.1) is 6.92 Å². The lowest BCUT2D eigenvalue weighted by Gasteiger charge is -2.14. The molecule has 10 heteroatoms. The summed E-state index contributed by atoms with van der Waals surface area (Å²) in [4.78, 5) is 24.7. The molecule has 0 fully saturated rings. The van der Waals surface area contributed by atoms with Gasteiger partial charge >= 0.3 is 6.18 Å². The van der Waals surface area contributed by atoms with Gasteiger partial charge in [-0.15, -0.1) is 0 Å². The van der Waals surface area contributed by atoms with Crippen molar-refractivity contribution < 1.29 is 27.9 Å². The number of aryl methyl sites for hydroxylation is 1. The Bertz CT molecular complexity index is 916. The molecular weight excluding hydrogens is 365 g/mol. The van der Waals surface area contributed by atoms with Gasteiger partial charge in [0, 0.05) is 11.8 Å². The van der Waals surface area contributed by atoms with E-state index in [1.54, 1.807) is 0 Å². The third kappa shape index (κ3) is 3.70. The first kappa shape index (κ1) is 18.6. The molecule has 0 unspecified atom stereocenters. The number of alkyl halides is 3.